The summed E-state index contributed by atoms with van der Waals surface area (Å²) in [6.07, 6.45) is 4.42. The minimum atomic E-state index is -0.123. The quantitative estimate of drug-likeness (QED) is 0.314. The third-order valence-electron chi connectivity index (χ3n) is 8.63. The van der Waals surface area contributed by atoms with E-state index in [1.807, 2.05) is 0 Å². The molecule has 3 unspecified atom stereocenters. The third kappa shape index (κ3) is 2.03. The van der Waals surface area contributed by atoms with Crippen molar-refractivity contribution in [1.82, 2.24) is 0 Å². The Morgan fingerprint density at radius 1 is 0.938 bits per heavy atom. The van der Waals surface area contributed by atoms with Crippen molar-refractivity contribution in [2.45, 2.75) is 45.2 Å². The Bertz CT molecular complexity index is 1380. The molecule has 3 aromatic carbocycles. The maximum Gasteiger partial charge on any atom is 0.159 e. The summed E-state index contributed by atoms with van der Waals surface area (Å²) in [6, 6.07) is 21.8. The van der Waals surface area contributed by atoms with Crippen molar-refractivity contribution >= 4 is 39.0 Å². The first kappa shape index (κ1) is 19.5. The predicted octanol–water partition coefficient (Wildman–Crippen LogP) is 7.76. The number of benzene rings is 3. The van der Waals surface area contributed by atoms with Gasteiger partial charge in [0.05, 0.1) is 17.1 Å². The highest BCUT2D eigenvalue weighted by Crippen LogP contribution is 2.64. The van der Waals surface area contributed by atoms with Crippen molar-refractivity contribution in [2.24, 2.45) is 5.41 Å². The first-order valence-corrected chi connectivity index (χ1v) is 11.7. The van der Waals surface area contributed by atoms with E-state index in [1.165, 1.54) is 33.4 Å². The lowest BCUT2D eigenvalue weighted by atomic mass is 9.54. The van der Waals surface area contributed by atoms with Crippen LogP contribution in [0.2, 0.25) is 0 Å². The zero-order chi connectivity index (χ0) is 22.3. The second kappa shape index (κ2) is 6.41. The van der Waals surface area contributed by atoms with Crippen LogP contribution in [-0.4, -0.2) is 13.2 Å². The molecule has 0 spiro atoms. The Kier molecular flexibility index (Phi) is 3.90. The highest BCUT2D eigenvalue weighted by atomic mass is 16.3. The van der Waals surface area contributed by atoms with Gasteiger partial charge in [-0.25, -0.2) is 0 Å². The number of hydrogen-bond donors (Lipinski definition) is 0. The van der Waals surface area contributed by atoms with Gasteiger partial charge in [0.2, 0.25) is 0 Å². The molecule has 6 rings (SSSR count). The van der Waals surface area contributed by atoms with E-state index in [9.17, 15) is 0 Å². The van der Waals surface area contributed by atoms with Crippen LogP contribution in [0.4, 0.5) is 17.1 Å². The van der Waals surface area contributed by atoms with Gasteiger partial charge in [-0.15, -0.1) is 6.58 Å². The number of hydrogen-bond acceptors (Lipinski definition) is 3. The topological polar surface area (TPSA) is 19.6 Å². The fourth-order valence-electron chi connectivity index (χ4n) is 6.78. The fraction of sp³-hybridized carbons (Fsp3) is 0.310. The van der Waals surface area contributed by atoms with E-state index in [4.69, 9.17) is 4.42 Å². The molecule has 0 fully saturated rings. The van der Waals surface area contributed by atoms with Crippen LogP contribution >= 0.6 is 0 Å². The van der Waals surface area contributed by atoms with Gasteiger partial charge in [-0.05, 0) is 36.6 Å². The molecule has 0 N–H and O–H groups in total. The molecule has 0 amide bonds. The number of nitrogens with zero attached hydrogens (tertiary/aromatic N) is 2. The Balaban J connectivity index is 1.80. The Morgan fingerprint density at radius 2 is 1.66 bits per heavy atom. The summed E-state index contributed by atoms with van der Waals surface area (Å²) in [5, 5.41) is 2.36. The lowest BCUT2D eigenvalue weighted by Gasteiger charge is -2.58. The molecule has 3 heteroatoms. The molecule has 0 radical (unpaired) electrons. The molecule has 0 aliphatic carbocycles. The molecule has 1 aromatic heterocycles. The van der Waals surface area contributed by atoms with Gasteiger partial charge >= 0.3 is 0 Å². The molecule has 32 heavy (non-hydrogen) atoms. The van der Waals surface area contributed by atoms with Crippen molar-refractivity contribution < 1.29 is 4.42 Å². The SMILES string of the molecule is C=CC1(CC)C2N(C)c3ccccc3N2c2c(ccc3c2oc2ccccc23)C1(C)CC. The van der Waals surface area contributed by atoms with E-state index in [1.54, 1.807) is 0 Å². The maximum atomic E-state index is 6.60. The summed E-state index contributed by atoms with van der Waals surface area (Å²) in [7, 11) is 2.23. The largest absolute Gasteiger partial charge is 0.454 e. The normalized spacial score (nSPS) is 26.3. The van der Waals surface area contributed by atoms with Crippen molar-refractivity contribution in [1.29, 1.82) is 0 Å². The monoisotopic (exact) mass is 422 g/mol. The van der Waals surface area contributed by atoms with Gasteiger partial charge in [-0.2, -0.15) is 0 Å². The van der Waals surface area contributed by atoms with Crippen LogP contribution in [0, 0.1) is 5.41 Å². The number of anilines is 3. The van der Waals surface area contributed by atoms with Crippen molar-refractivity contribution in [3.05, 3.63) is 78.9 Å². The van der Waals surface area contributed by atoms with Gasteiger partial charge in [-0.1, -0.05) is 69.3 Å². The van der Waals surface area contributed by atoms with Crippen molar-refractivity contribution in [3.63, 3.8) is 0 Å². The summed E-state index contributed by atoms with van der Waals surface area (Å²) in [6.45, 7) is 11.5. The van der Waals surface area contributed by atoms with Gasteiger partial charge < -0.3 is 14.2 Å². The average Bonchev–Trinajstić information content (AvgIpc) is 3.36. The van der Waals surface area contributed by atoms with E-state index in [0.29, 0.717) is 0 Å². The summed E-state index contributed by atoms with van der Waals surface area (Å²) in [5.41, 5.74) is 6.81. The van der Waals surface area contributed by atoms with Crippen LogP contribution in [0.25, 0.3) is 21.9 Å². The van der Waals surface area contributed by atoms with Gasteiger partial charge in [-0.3, -0.25) is 0 Å². The molecule has 2 aliphatic heterocycles. The van der Waals surface area contributed by atoms with Crippen LogP contribution in [0.3, 0.4) is 0 Å². The first-order chi connectivity index (χ1) is 15.5. The number of fused-ring (bicyclic) bond motifs is 9. The Hall–Kier alpha value is -3.20. The van der Waals surface area contributed by atoms with Crippen molar-refractivity contribution in [2.75, 3.05) is 16.8 Å². The molecule has 0 saturated heterocycles. The zero-order valence-electron chi connectivity index (χ0n) is 19.4. The highest BCUT2D eigenvalue weighted by molar-refractivity contribution is 6.11. The second-order valence-electron chi connectivity index (χ2n) is 9.56. The molecule has 4 aromatic rings. The first-order valence-electron chi connectivity index (χ1n) is 11.7. The molecule has 0 saturated carbocycles. The molecule has 3 heterocycles. The molecule has 3 atom stereocenters. The van der Waals surface area contributed by atoms with Crippen molar-refractivity contribution in [3.8, 4) is 0 Å². The number of para-hydroxylation sites is 3. The van der Waals surface area contributed by atoms with Crippen LogP contribution in [0.1, 0.15) is 39.2 Å². The second-order valence-corrected chi connectivity index (χ2v) is 9.56. The fourth-order valence-corrected chi connectivity index (χ4v) is 6.78. The Morgan fingerprint density at radius 3 is 2.38 bits per heavy atom. The van der Waals surface area contributed by atoms with E-state index in [0.717, 1.165) is 24.0 Å². The average molecular weight is 423 g/mol. The summed E-state index contributed by atoms with van der Waals surface area (Å²) >= 11 is 0. The number of rotatable bonds is 3. The molecule has 0 bridgehead atoms. The van der Waals surface area contributed by atoms with Gasteiger partial charge in [0.15, 0.2) is 5.58 Å². The van der Waals surface area contributed by atoms with Gasteiger partial charge in [0, 0.05) is 28.7 Å². The molecular formula is C29H30N2O. The molecular weight excluding hydrogens is 392 g/mol. The summed E-state index contributed by atoms with van der Waals surface area (Å²) in [5.74, 6) is 0. The molecule has 162 valence electrons. The zero-order valence-corrected chi connectivity index (χ0v) is 19.4. The third-order valence-corrected chi connectivity index (χ3v) is 8.63. The van der Waals surface area contributed by atoms with E-state index >= 15 is 0 Å². The predicted molar refractivity (Wildman–Crippen MR) is 135 cm³/mol. The summed E-state index contributed by atoms with van der Waals surface area (Å²) < 4.78 is 6.60. The lowest BCUT2D eigenvalue weighted by Crippen LogP contribution is -2.62. The minimum absolute atomic E-state index is 0.0799. The maximum absolute atomic E-state index is 6.60. The van der Waals surface area contributed by atoms with Crippen LogP contribution in [0.15, 0.2) is 77.7 Å². The van der Waals surface area contributed by atoms with Crippen LogP contribution in [-0.2, 0) is 5.41 Å². The minimum Gasteiger partial charge on any atom is -0.454 e. The molecule has 2 aliphatic rings. The highest BCUT2D eigenvalue weighted by Gasteiger charge is 2.61. The summed E-state index contributed by atoms with van der Waals surface area (Å²) in [4.78, 5) is 5.00. The van der Waals surface area contributed by atoms with Gasteiger partial charge in [0.1, 0.15) is 11.7 Å². The van der Waals surface area contributed by atoms with E-state index < -0.39 is 0 Å². The standard InChI is InChI=1S/C29H30N2O/c1-6-28(4)21-18-17-20-19-13-9-12-16-24(19)32-26(20)25(21)31-23-15-11-10-14-22(23)30(5)27(31)29(28,7-2)8-3/h7,9-18,27H,2,6,8H2,1,3-5H3. The van der Waals surface area contributed by atoms with E-state index in [-0.39, 0.29) is 17.0 Å². The molecule has 3 nitrogen and oxygen atoms in total. The smallest absolute Gasteiger partial charge is 0.159 e. The van der Waals surface area contributed by atoms with E-state index in [2.05, 4.69) is 111 Å². The lowest BCUT2D eigenvalue weighted by molar-refractivity contribution is 0.129. The van der Waals surface area contributed by atoms with Crippen LogP contribution in [0.5, 0.6) is 0 Å². The van der Waals surface area contributed by atoms with Crippen LogP contribution < -0.4 is 9.80 Å². The van der Waals surface area contributed by atoms with Gasteiger partial charge in [0.25, 0.3) is 0 Å². The number of furan rings is 1. The Labute approximate surface area is 189 Å².